The highest BCUT2D eigenvalue weighted by atomic mass is 35.5. The molecule has 1 aliphatic rings. The summed E-state index contributed by atoms with van der Waals surface area (Å²) in [5.41, 5.74) is 8.76. The quantitative estimate of drug-likeness (QED) is 0.568. The minimum Gasteiger partial charge on any atom is -0.320 e. The van der Waals surface area contributed by atoms with E-state index in [4.69, 9.17) is 17.3 Å². The zero-order chi connectivity index (χ0) is 22.5. The first-order valence-corrected chi connectivity index (χ1v) is 10.9. The Bertz CT molecular complexity index is 1070. The smallest absolute Gasteiger partial charge is 0.243 e. The van der Waals surface area contributed by atoms with Crippen molar-refractivity contribution in [1.29, 1.82) is 0 Å². The maximum atomic E-state index is 12.9. The van der Waals surface area contributed by atoms with Crippen molar-refractivity contribution in [3.05, 3.63) is 77.3 Å². The predicted molar refractivity (Wildman–Crippen MR) is 121 cm³/mol. The van der Waals surface area contributed by atoms with E-state index in [1.54, 1.807) is 17.1 Å². The maximum Gasteiger partial charge on any atom is 0.243 e. The lowest BCUT2D eigenvalue weighted by Gasteiger charge is -2.25. The van der Waals surface area contributed by atoms with Crippen molar-refractivity contribution in [1.82, 2.24) is 25.0 Å². The predicted octanol–water partition coefficient (Wildman–Crippen LogP) is 2.10. The van der Waals surface area contributed by atoms with Crippen LogP contribution in [-0.2, 0) is 22.6 Å². The zero-order valence-electron chi connectivity index (χ0n) is 17.5. The second kappa shape index (κ2) is 10.0. The average molecular weight is 453 g/mol. The molecule has 0 aliphatic carbocycles. The van der Waals surface area contributed by atoms with Crippen molar-refractivity contribution >= 4 is 23.4 Å². The number of aromatic nitrogens is 3. The van der Waals surface area contributed by atoms with Crippen LogP contribution >= 0.6 is 11.6 Å². The molecule has 1 aliphatic heterocycles. The number of likely N-dealkylation sites (tertiary alicyclic amines) is 1. The summed E-state index contributed by atoms with van der Waals surface area (Å²) >= 11 is 6.23. The minimum absolute atomic E-state index is 0.319. The summed E-state index contributed by atoms with van der Waals surface area (Å²) in [5, 5.41) is 7.32. The molecule has 1 saturated heterocycles. The number of imide groups is 1. The number of nitrogens with zero attached hydrogens (tertiary/aromatic N) is 4. The third-order valence-corrected chi connectivity index (χ3v) is 5.86. The highest BCUT2D eigenvalue weighted by Crippen LogP contribution is 2.25. The number of carbonyl (C=O) groups is 2. The van der Waals surface area contributed by atoms with Crippen LogP contribution in [0.2, 0.25) is 5.02 Å². The van der Waals surface area contributed by atoms with Crippen LogP contribution in [0.15, 0.2) is 61.2 Å². The van der Waals surface area contributed by atoms with E-state index >= 15 is 0 Å². The number of carbonyl (C=O) groups excluding carboxylic acids is 2. The van der Waals surface area contributed by atoms with Crippen molar-refractivity contribution < 1.29 is 9.59 Å². The van der Waals surface area contributed by atoms with E-state index in [1.807, 2.05) is 42.5 Å². The van der Waals surface area contributed by atoms with Gasteiger partial charge in [0.25, 0.3) is 0 Å². The second-order valence-corrected chi connectivity index (χ2v) is 8.33. The van der Waals surface area contributed by atoms with Gasteiger partial charge in [0, 0.05) is 11.6 Å². The van der Waals surface area contributed by atoms with E-state index in [-0.39, 0.29) is 5.91 Å². The fraction of sp³-hybridized carbons (Fsp3) is 0.304. The molecular formula is C23H25ClN6O2. The van der Waals surface area contributed by atoms with Crippen LogP contribution in [0.1, 0.15) is 24.0 Å². The molecule has 0 radical (unpaired) electrons. The Morgan fingerprint density at radius 1 is 1.22 bits per heavy atom. The molecule has 8 nitrogen and oxygen atoms in total. The number of nitrogens with two attached hydrogens (primary N) is 1. The van der Waals surface area contributed by atoms with Crippen LogP contribution in [0.25, 0.3) is 5.69 Å². The van der Waals surface area contributed by atoms with Gasteiger partial charge >= 0.3 is 0 Å². The van der Waals surface area contributed by atoms with E-state index in [9.17, 15) is 9.59 Å². The maximum absolute atomic E-state index is 12.9. The molecule has 0 spiro atoms. The Kier molecular flexibility index (Phi) is 6.94. The van der Waals surface area contributed by atoms with Crippen molar-refractivity contribution in [3.63, 3.8) is 0 Å². The Labute approximate surface area is 191 Å². The highest BCUT2D eigenvalue weighted by Gasteiger charge is 2.33. The van der Waals surface area contributed by atoms with E-state index in [0.29, 0.717) is 24.4 Å². The molecular weight excluding hydrogens is 428 g/mol. The molecule has 166 valence electrons. The average Bonchev–Trinajstić information content (AvgIpc) is 3.47. The summed E-state index contributed by atoms with van der Waals surface area (Å²) in [6.07, 6.45) is 4.99. The van der Waals surface area contributed by atoms with Crippen molar-refractivity contribution in [2.45, 2.75) is 37.9 Å². The van der Waals surface area contributed by atoms with E-state index in [1.165, 1.54) is 6.33 Å². The molecule has 2 aromatic carbocycles. The molecule has 32 heavy (non-hydrogen) atoms. The number of hydrogen-bond donors (Lipinski definition) is 2. The summed E-state index contributed by atoms with van der Waals surface area (Å²) in [6, 6.07) is 13.8. The van der Waals surface area contributed by atoms with Gasteiger partial charge in [-0.3, -0.25) is 19.8 Å². The topological polar surface area (TPSA) is 106 Å². The summed E-state index contributed by atoms with van der Waals surface area (Å²) < 4.78 is 1.67. The van der Waals surface area contributed by atoms with Gasteiger partial charge in [-0.2, -0.15) is 5.10 Å². The Morgan fingerprint density at radius 2 is 2.03 bits per heavy atom. The van der Waals surface area contributed by atoms with Gasteiger partial charge in [-0.1, -0.05) is 41.9 Å². The molecule has 1 aromatic heterocycles. The minimum atomic E-state index is -0.789. The SMILES string of the molecule is N[C@H](Cc1ccccc1)C(=O)NC(=O)[C@@H]1CCCN1Cc1cc(Cl)ccc1-n1cncn1. The summed E-state index contributed by atoms with van der Waals surface area (Å²) in [5.74, 6) is -0.780. The van der Waals surface area contributed by atoms with Crippen LogP contribution in [0.4, 0.5) is 0 Å². The van der Waals surface area contributed by atoms with E-state index < -0.39 is 18.0 Å². The van der Waals surface area contributed by atoms with Gasteiger partial charge < -0.3 is 5.73 Å². The third kappa shape index (κ3) is 5.21. The van der Waals surface area contributed by atoms with Gasteiger partial charge in [0.1, 0.15) is 12.7 Å². The van der Waals surface area contributed by atoms with Crippen molar-refractivity contribution in [2.75, 3.05) is 6.54 Å². The Hall–Kier alpha value is -3.07. The molecule has 0 saturated carbocycles. The first-order chi connectivity index (χ1) is 15.5. The second-order valence-electron chi connectivity index (χ2n) is 7.89. The number of amides is 2. The summed E-state index contributed by atoms with van der Waals surface area (Å²) in [4.78, 5) is 31.5. The van der Waals surface area contributed by atoms with Gasteiger partial charge in [-0.25, -0.2) is 9.67 Å². The van der Waals surface area contributed by atoms with Gasteiger partial charge in [0.2, 0.25) is 11.8 Å². The Morgan fingerprint density at radius 3 is 2.78 bits per heavy atom. The lowest BCUT2D eigenvalue weighted by Crippen LogP contribution is -2.50. The molecule has 2 amide bonds. The monoisotopic (exact) mass is 452 g/mol. The van der Waals surface area contributed by atoms with Crippen LogP contribution in [0.3, 0.4) is 0 Å². The number of halogens is 1. The number of nitrogens with one attached hydrogen (secondary N) is 1. The van der Waals surface area contributed by atoms with Crippen LogP contribution < -0.4 is 11.1 Å². The standard InChI is InChI=1S/C23H25ClN6O2/c24-18-8-9-20(30-15-26-14-27-30)17(12-18)13-29-10-4-7-21(29)23(32)28-22(31)19(25)11-16-5-2-1-3-6-16/h1-3,5-6,8-9,12,14-15,19,21H,4,7,10-11,13,25H2,(H,28,31,32)/t19-,21+/m1/s1. The van der Waals surface area contributed by atoms with E-state index in [0.717, 1.165) is 29.8 Å². The Balaban J connectivity index is 1.42. The number of benzene rings is 2. The van der Waals surface area contributed by atoms with Crippen LogP contribution in [0, 0.1) is 0 Å². The lowest BCUT2D eigenvalue weighted by atomic mass is 10.1. The summed E-state index contributed by atoms with van der Waals surface area (Å²) in [7, 11) is 0. The molecule has 0 unspecified atom stereocenters. The normalized spacial score (nSPS) is 17.2. The van der Waals surface area contributed by atoms with Gasteiger partial charge in [0.05, 0.1) is 17.8 Å². The first-order valence-electron chi connectivity index (χ1n) is 10.5. The molecule has 3 N–H and O–H groups in total. The molecule has 9 heteroatoms. The molecule has 0 bridgehead atoms. The number of rotatable bonds is 7. The van der Waals surface area contributed by atoms with Crippen LogP contribution in [-0.4, -0.2) is 50.1 Å². The molecule has 1 fully saturated rings. The summed E-state index contributed by atoms with van der Waals surface area (Å²) in [6.45, 7) is 1.24. The van der Waals surface area contributed by atoms with Gasteiger partial charge in [-0.15, -0.1) is 0 Å². The van der Waals surface area contributed by atoms with Crippen molar-refractivity contribution in [2.24, 2.45) is 5.73 Å². The first kappa shape index (κ1) is 22.1. The highest BCUT2D eigenvalue weighted by molar-refractivity contribution is 6.30. The largest absolute Gasteiger partial charge is 0.320 e. The number of hydrogen-bond acceptors (Lipinski definition) is 6. The molecule has 4 rings (SSSR count). The molecule has 3 aromatic rings. The van der Waals surface area contributed by atoms with Crippen molar-refractivity contribution in [3.8, 4) is 5.69 Å². The fourth-order valence-electron chi connectivity index (χ4n) is 4.03. The molecule has 2 heterocycles. The third-order valence-electron chi connectivity index (χ3n) is 5.63. The van der Waals surface area contributed by atoms with Gasteiger partial charge in [0.15, 0.2) is 0 Å². The van der Waals surface area contributed by atoms with Crippen LogP contribution in [0.5, 0.6) is 0 Å². The molecule has 2 atom stereocenters. The van der Waals surface area contributed by atoms with E-state index in [2.05, 4.69) is 20.3 Å². The lowest BCUT2D eigenvalue weighted by molar-refractivity contribution is -0.133. The zero-order valence-corrected chi connectivity index (χ0v) is 18.3. The van der Waals surface area contributed by atoms with Gasteiger partial charge in [-0.05, 0) is 55.1 Å². The fourth-order valence-corrected chi connectivity index (χ4v) is 4.22.